The van der Waals surface area contributed by atoms with Crippen LogP contribution in [0.3, 0.4) is 0 Å². The number of thiocarbonyl (C=S) groups is 1. The van der Waals surface area contributed by atoms with Gasteiger partial charge in [0.2, 0.25) is 0 Å². The number of nitrogens with zero attached hydrogens (tertiary/aromatic N) is 2. The van der Waals surface area contributed by atoms with Gasteiger partial charge in [0.25, 0.3) is 11.8 Å². The van der Waals surface area contributed by atoms with Crippen LogP contribution in [0.1, 0.15) is 40.7 Å². The average Bonchev–Trinajstić information content (AvgIpc) is 3.44. The molecule has 2 heterocycles. The van der Waals surface area contributed by atoms with Crippen molar-refractivity contribution in [3.05, 3.63) is 77.2 Å². The number of carbonyl (C=O) groups excluding carboxylic acids is 2. The van der Waals surface area contributed by atoms with E-state index in [9.17, 15) is 9.59 Å². The molecule has 2 aromatic carbocycles. The Labute approximate surface area is 226 Å². The number of amides is 2. The SMILES string of the molecule is CCCCOc1cccc(C(=O)NC(=S)Nc2ccc(N3CCN(C(=O)c4ccco4)CC3)c(Cl)c2)c1. The minimum absolute atomic E-state index is 0.110. The van der Waals surface area contributed by atoms with Gasteiger partial charge >= 0.3 is 0 Å². The number of furan rings is 1. The molecule has 4 rings (SSSR count). The van der Waals surface area contributed by atoms with E-state index in [2.05, 4.69) is 22.5 Å². The van der Waals surface area contributed by atoms with Crippen molar-refractivity contribution in [2.24, 2.45) is 0 Å². The van der Waals surface area contributed by atoms with Crippen molar-refractivity contribution in [2.75, 3.05) is 43.0 Å². The molecular weight excluding hydrogens is 512 g/mol. The van der Waals surface area contributed by atoms with Gasteiger partial charge in [-0.15, -0.1) is 0 Å². The van der Waals surface area contributed by atoms with E-state index in [1.165, 1.54) is 6.26 Å². The highest BCUT2D eigenvalue weighted by Gasteiger charge is 2.24. The first-order chi connectivity index (χ1) is 17.9. The number of anilines is 2. The summed E-state index contributed by atoms with van der Waals surface area (Å²) in [6, 6.07) is 15.9. The van der Waals surface area contributed by atoms with Gasteiger partial charge in [-0.05, 0) is 67.2 Å². The highest BCUT2D eigenvalue weighted by atomic mass is 35.5. The van der Waals surface area contributed by atoms with Crippen molar-refractivity contribution >= 4 is 52.1 Å². The van der Waals surface area contributed by atoms with E-state index in [0.29, 0.717) is 60.6 Å². The largest absolute Gasteiger partial charge is 0.494 e. The quantitative estimate of drug-likeness (QED) is 0.300. The fourth-order valence-corrected chi connectivity index (χ4v) is 4.46. The number of carbonyl (C=O) groups is 2. The topological polar surface area (TPSA) is 87.0 Å². The monoisotopic (exact) mass is 540 g/mol. The molecule has 1 saturated heterocycles. The molecule has 37 heavy (non-hydrogen) atoms. The fourth-order valence-electron chi connectivity index (χ4n) is 3.95. The summed E-state index contributed by atoms with van der Waals surface area (Å²) < 4.78 is 10.9. The molecule has 194 valence electrons. The molecule has 0 spiro atoms. The second-order valence-corrected chi connectivity index (χ2v) is 9.38. The second kappa shape index (κ2) is 12.6. The van der Waals surface area contributed by atoms with Crippen molar-refractivity contribution < 1.29 is 18.7 Å². The molecule has 1 aromatic heterocycles. The summed E-state index contributed by atoms with van der Waals surface area (Å²) in [6.07, 6.45) is 3.49. The minimum Gasteiger partial charge on any atom is -0.494 e. The normalized spacial score (nSPS) is 13.2. The summed E-state index contributed by atoms with van der Waals surface area (Å²) in [6.45, 7) is 5.13. The van der Waals surface area contributed by atoms with Gasteiger partial charge in [-0.3, -0.25) is 14.9 Å². The lowest BCUT2D eigenvalue weighted by molar-refractivity contribution is 0.0714. The number of nitrogens with one attached hydrogen (secondary N) is 2. The number of unbranched alkanes of at least 4 members (excludes halogenated alkanes) is 1. The van der Waals surface area contributed by atoms with E-state index < -0.39 is 0 Å². The zero-order chi connectivity index (χ0) is 26.2. The second-order valence-electron chi connectivity index (χ2n) is 8.56. The van der Waals surface area contributed by atoms with E-state index >= 15 is 0 Å². The molecule has 2 N–H and O–H groups in total. The Hall–Kier alpha value is -3.56. The summed E-state index contributed by atoms with van der Waals surface area (Å²) in [5, 5.41) is 6.41. The molecule has 1 fully saturated rings. The fraction of sp³-hybridized carbons (Fsp3) is 0.296. The molecule has 0 bridgehead atoms. The Bertz CT molecular complexity index is 1240. The first kappa shape index (κ1) is 26.5. The molecule has 10 heteroatoms. The van der Waals surface area contributed by atoms with E-state index in [0.717, 1.165) is 18.5 Å². The molecule has 0 aliphatic carbocycles. The number of ether oxygens (including phenoxy) is 1. The lowest BCUT2D eigenvalue weighted by Gasteiger charge is -2.36. The zero-order valence-electron chi connectivity index (χ0n) is 20.5. The minimum atomic E-state index is -0.330. The lowest BCUT2D eigenvalue weighted by atomic mass is 10.2. The van der Waals surface area contributed by atoms with Crippen LogP contribution >= 0.6 is 23.8 Å². The number of halogens is 1. The summed E-state index contributed by atoms with van der Waals surface area (Å²) >= 11 is 11.9. The average molecular weight is 541 g/mol. The predicted octanol–water partition coefficient (Wildman–Crippen LogP) is 5.20. The van der Waals surface area contributed by atoms with Gasteiger partial charge in [0.1, 0.15) is 5.75 Å². The molecule has 0 unspecified atom stereocenters. The van der Waals surface area contributed by atoms with Crippen LogP contribution in [0.2, 0.25) is 5.02 Å². The van der Waals surface area contributed by atoms with E-state index in [1.807, 2.05) is 18.2 Å². The Morgan fingerprint density at radius 1 is 1.08 bits per heavy atom. The van der Waals surface area contributed by atoms with Gasteiger partial charge in [-0.1, -0.05) is 31.0 Å². The third-order valence-corrected chi connectivity index (χ3v) is 6.44. The maximum atomic E-state index is 12.6. The van der Waals surface area contributed by atoms with E-state index in [4.69, 9.17) is 33.0 Å². The third kappa shape index (κ3) is 7.02. The Morgan fingerprint density at radius 3 is 2.59 bits per heavy atom. The van der Waals surface area contributed by atoms with Crippen molar-refractivity contribution in [1.29, 1.82) is 0 Å². The summed E-state index contributed by atoms with van der Waals surface area (Å²) in [5.74, 6) is 0.552. The number of hydrogen-bond donors (Lipinski definition) is 2. The predicted molar refractivity (Wildman–Crippen MR) is 149 cm³/mol. The standard InChI is InChI=1S/C27H29ClN4O4S/c1-2-3-15-35-21-7-4-6-19(17-21)25(33)30-27(37)29-20-9-10-23(22(28)18-20)31-11-13-32(14-12-31)26(34)24-8-5-16-36-24/h4-10,16-18H,2-3,11-15H2,1H3,(H2,29,30,33,37). The Balaban J connectivity index is 1.29. The van der Waals surface area contributed by atoms with Crippen LogP contribution in [-0.4, -0.2) is 54.6 Å². The molecule has 0 radical (unpaired) electrons. The zero-order valence-corrected chi connectivity index (χ0v) is 22.1. The van der Waals surface area contributed by atoms with Gasteiger partial charge < -0.3 is 24.3 Å². The lowest BCUT2D eigenvalue weighted by Crippen LogP contribution is -2.48. The van der Waals surface area contributed by atoms with Crippen molar-refractivity contribution in [1.82, 2.24) is 10.2 Å². The number of benzene rings is 2. The smallest absolute Gasteiger partial charge is 0.289 e. The highest BCUT2D eigenvalue weighted by molar-refractivity contribution is 7.80. The first-order valence-electron chi connectivity index (χ1n) is 12.2. The molecule has 2 amide bonds. The molecule has 0 saturated carbocycles. The maximum Gasteiger partial charge on any atom is 0.289 e. The molecule has 1 aliphatic rings. The van der Waals surface area contributed by atoms with Gasteiger partial charge in [-0.25, -0.2) is 0 Å². The van der Waals surface area contributed by atoms with Crippen LogP contribution in [0, 0.1) is 0 Å². The molecule has 0 atom stereocenters. The van der Waals surface area contributed by atoms with Crippen LogP contribution < -0.4 is 20.3 Å². The summed E-state index contributed by atoms with van der Waals surface area (Å²) in [4.78, 5) is 29.0. The van der Waals surface area contributed by atoms with Crippen LogP contribution in [0.5, 0.6) is 5.75 Å². The first-order valence-corrected chi connectivity index (χ1v) is 13.0. The van der Waals surface area contributed by atoms with Gasteiger partial charge in [0.05, 0.1) is 23.6 Å². The van der Waals surface area contributed by atoms with Crippen molar-refractivity contribution in [3.63, 3.8) is 0 Å². The van der Waals surface area contributed by atoms with Gasteiger partial charge in [0.15, 0.2) is 10.9 Å². The van der Waals surface area contributed by atoms with Gasteiger partial charge in [-0.2, -0.15) is 0 Å². The number of rotatable bonds is 8. The van der Waals surface area contributed by atoms with Crippen LogP contribution in [-0.2, 0) is 0 Å². The number of hydrogen-bond acceptors (Lipinski definition) is 6. The Morgan fingerprint density at radius 2 is 1.89 bits per heavy atom. The third-order valence-electron chi connectivity index (χ3n) is 5.93. The Kier molecular flexibility index (Phi) is 9.03. The van der Waals surface area contributed by atoms with Crippen molar-refractivity contribution in [2.45, 2.75) is 19.8 Å². The van der Waals surface area contributed by atoms with E-state index in [1.54, 1.807) is 41.3 Å². The maximum absolute atomic E-state index is 12.6. The molecule has 1 aliphatic heterocycles. The number of piperazine rings is 1. The van der Waals surface area contributed by atoms with Crippen LogP contribution in [0.4, 0.5) is 11.4 Å². The van der Waals surface area contributed by atoms with Crippen LogP contribution in [0.15, 0.2) is 65.3 Å². The molecule has 8 nitrogen and oxygen atoms in total. The highest BCUT2D eigenvalue weighted by Crippen LogP contribution is 2.30. The van der Waals surface area contributed by atoms with E-state index in [-0.39, 0.29) is 16.9 Å². The summed E-state index contributed by atoms with van der Waals surface area (Å²) in [7, 11) is 0. The molecular formula is C27H29ClN4O4S. The van der Waals surface area contributed by atoms with Crippen LogP contribution in [0.25, 0.3) is 0 Å². The van der Waals surface area contributed by atoms with Gasteiger partial charge in [0, 0.05) is 37.4 Å². The summed E-state index contributed by atoms with van der Waals surface area (Å²) in [5.41, 5.74) is 1.98. The van der Waals surface area contributed by atoms with Crippen molar-refractivity contribution in [3.8, 4) is 5.75 Å². The molecule has 3 aromatic rings.